The van der Waals surface area contributed by atoms with E-state index in [1.165, 1.54) is 6.07 Å². The van der Waals surface area contributed by atoms with E-state index in [1.54, 1.807) is 0 Å². The van der Waals surface area contributed by atoms with Gasteiger partial charge in [-0.15, -0.1) is 0 Å². The summed E-state index contributed by atoms with van der Waals surface area (Å²) < 4.78 is 165. The quantitative estimate of drug-likeness (QED) is 0.189. The molecule has 0 unspecified atom stereocenters. The van der Waals surface area contributed by atoms with Crippen LogP contribution in [0, 0.1) is 0 Å². The van der Waals surface area contributed by atoms with Gasteiger partial charge >= 0.3 is 77.8 Å². The van der Waals surface area contributed by atoms with Crippen molar-refractivity contribution in [3.63, 3.8) is 0 Å². The van der Waals surface area contributed by atoms with E-state index in [2.05, 4.69) is 9.22 Å². The van der Waals surface area contributed by atoms with Crippen LogP contribution in [-0.2, 0) is 19.3 Å². The van der Waals surface area contributed by atoms with Gasteiger partial charge in [0.1, 0.15) is 0 Å². The van der Waals surface area contributed by atoms with Gasteiger partial charge in [-0.05, 0) is 16.5 Å². The van der Waals surface area contributed by atoms with Crippen molar-refractivity contribution in [2.75, 3.05) is 0 Å². The van der Waals surface area contributed by atoms with E-state index in [9.17, 15) is 56.7 Å². The van der Waals surface area contributed by atoms with Crippen molar-refractivity contribution in [3.8, 4) is 0 Å². The van der Waals surface area contributed by atoms with Gasteiger partial charge in [-0.3, -0.25) is 4.89 Å². The first kappa shape index (κ1) is 28.2. The molecule has 0 amide bonds. The third kappa shape index (κ3) is 5.45. The summed E-state index contributed by atoms with van der Waals surface area (Å²) in [5.74, 6) is -26.4. The molecule has 0 radical (unpaired) electrons. The predicted octanol–water partition coefficient (Wildman–Crippen LogP) is 3.98. The first-order valence-electron chi connectivity index (χ1n) is 6.31. The average molecular weight is 496 g/mol. The molecule has 0 aliphatic heterocycles. The summed E-state index contributed by atoms with van der Waals surface area (Å²) in [6, 6.07) is 1.30. The fourth-order valence-corrected chi connectivity index (χ4v) is 2.09. The van der Waals surface area contributed by atoms with Crippen molar-refractivity contribution in [1.82, 2.24) is 0 Å². The van der Waals surface area contributed by atoms with E-state index >= 15 is 0 Å². The number of allylic oxidation sites excluding steroid dienone is 1. The molecule has 4 nitrogen and oxygen atoms in total. The van der Waals surface area contributed by atoms with Gasteiger partial charge in [-0.1, -0.05) is 18.2 Å². The van der Waals surface area contributed by atoms with Crippen LogP contribution in [0.3, 0.4) is 0 Å². The van der Waals surface area contributed by atoms with E-state index in [0.717, 1.165) is 24.3 Å². The van der Waals surface area contributed by atoms with Gasteiger partial charge in [0.2, 0.25) is 0 Å². The maximum atomic E-state index is 13.1. The number of rotatable bonds is 7. The summed E-state index contributed by atoms with van der Waals surface area (Å²) in [5.41, 5.74) is 0. The minimum atomic E-state index is -7.53. The second-order valence-corrected chi connectivity index (χ2v) is 6.24. The van der Waals surface area contributed by atoms with Crippen molar-refractivity contribution in [2.45, 2.75) is 28.8 Å². The fourth-order valence-electron chi connectivity index (χ4n) is 1.37. The molecule has 0 saturated carbocycles. The molecular formula is C12H7CaF11O4S. The molecule has 1 rings (SSSR count). The predicted molar refractivity (Wildman–Crippen MR) is 74.5 cm³/mol. The third-order valence-electron chi connectivity index (χ3n) is 2.82. The van der Waals surface area contributed by atoms with Crippen molar-refractivity contribution >= 4 is 47.9 Å². The molecule has 0 aliphatic carbocycles. The molecular weight excluding hydrogens is 489 g/mol. The Labute approximate surface area is 184 Å². The van der Waals surface area contributed by atoms with Crippen LogP contribution in [0.1, 0.15) is 0 Å². The van der Waals surface area contributed by atoms with Gasteiger partial charge < -0.3 is 0 Å². The molecule has 1 aromatic carbocycles. The summed E-state index contributed by atoms with van der Waals surface area (Å²) in [4.78, 5) is 2.08. The van der Waals surface area contributed by atoms with Crippen molar-refractivity contribution in [2.24, 2.45) is 0 Å². The van der Waals surface area contributed by atoms with Gasteiger partial charge in [-0.25, -0.2) is 0 Å². The molecule has 0 fully saturated rings. The van der Waals surface area contributed by atoms with Gasteiger partial charge in [0, 0.05) is 0 Å². The number of benzene rings is 1. The molecule has 0 aromatic heterocycles. The van der Waals surface area contributed by atoms with Crippen molar-refractivity contribution in [1.29, 1.82) is 0 Å². The molecule has 0 saturated heterocycles. The first-order valence-corrected chi connectivity index (χ1v) is 7.72. The standard InChI is InChI=1S/C12H5F11O4S.Ca.2H/c13-7(9(15,16)10(17,18)11(19,20)12(21,22)23)8(14)26-27-28(24,25)6-4-2-1-3-5-6;;;/h1-5H;;;. The van der Waals surface area contributed by atoms with Gasteiger partial charge in [0.05, 0.1) is 4.90 Å². The normalized spacial score (nSPS) is 14.7. The molecule has 0 N–H and O–H groups in total. The molecule has 17 heteroatoms. The van der Waals surface area contributed by atoms with E-state index in [4.69, 9.17) is 0 Å². The van der Waals surface area contributed by atoms with Crippen LogP contribution in [-0.4, -0.2) is 70.1 Å². The zero-order chi connectivity index (χ0) is 22.2. The second-order valence-electron chi connectivity index (χ2n) is 4.73. The number of hydrogen-bond donors (Lipinski definition) is 0. The summed E-state index contributed by atoms with van der Waals surface area (Å²) in [6.45, 7) is 0. The Balaban J connectivity index is 0.00000784. The van der Waals surface area contributed by atoms with Gasteiger partial charge in [0.25, 0.3) is 5.83 Å². The van der Waals surface area contributed by atoms with Crippen LogP contribution >= 0.6 is 0 Å². The van der Waals surface area contributed by atoms with Crippen molar-refractivity contribution in [3.05, 3.63) is 42.2 Å². The van der Waals surface area contributed by atoms with E-state index in [-0.39, 0.29) is 37.7 Å². The Bertz CT molecular complexity index is 837. The Kier molecular flexibility index (Phi) is 8.85. The number of alkyl halides is 9. The molecule has 164 valence electrons. The van der Waals surface area contributed by atoms with Crippen LogP contribution < -0.4 is 0 Å². The van der Waals surface area contributed by atoms with Crippen LogP contribution in [0.4, 0.5) is 48.3 Å². The van der Waals surface area contributed by atoms with Gasteiger partial charge in [-0.2, -0.15) is 56.7 Å². The Hall–Kier alpha value is -0.840. The van der Waals surface area contributed by atoms with Crippen LogP contribution in [0.2, 0.25) is 0 Å². The average Bonchev–Trinajstić information content (AvgIpc) is 2.58. The Morgan fingerprint density at radius 3 is 1.66 bits per heavy atom. The Morgan fingerprint density at radius 1 is 0.793 bits per heavy atom. The molecule has 1 aromatic rings. The summed E-state index contributed by atoms with van der Waals surface area (Å²) in [5, 5.41) is 0. The summed E-state index contributed by atoms with van der Waals surface area (Å²) >= 11 is 0. The fraction of sp³-hybridized carbons (Fsp3) is 0.333. The zero-order valence-corrected chi connectivity index (χ0v) is 13.4. The zero-order valence-electron chi connectivity index (χ0n) is 12.6. The Morgan fingerprint density at radius 2 is 1.24 bits per heavy atom. The molecule has 0 bridgehead atoms. The SMILES string of the molecule is O=S(=O)(OOC(F)=C(F)C(F)(F)C(F)(F)C(F)(F)C(F)(F)F)c1ccccc1.[CaH2]. The molecule has 0 spiro atoms. The van der Waals surface area contributed by atoms with Crippen LogP contribution in [0.5, 0.6) is 0 Å². The van der Waals surface area contributed by atoms with Crippen LogP contribution in [0.25, 0.3) is 0 Å². The summed E-state index contributed by atoms with van der Waals surface area (Å²) in [6.07, 6.45) is -7.27. The van der Waals surface area contributed by atoms with E-state index in [0.29, 0.717) is 0 Å². The molecule has 0 atom stereocenters. The number of halogens is 11. The monoisotopic (exact) mass is 496 g/mol. The van der Waals surface area contributed by atoms with Crippen molar-refractivity contribution < 1.29 is 65.9 Å². The van der Waals surface area contributed by atoms with E-state index < -0.39 is 50.8 Å². The topological polar surface area (TPSA) is 52.6 Å². The second kappa shape index (κ2) is 9.11. The first-order chi connectivity index (χ1) is 12.4. The minimum absolute atomic E-state index is 0. The third-order valence-corrected chi connectivity index (χ3v) is 3.92. The van der Waals surface area contributed by atoms with Gasteiger partial charge in [0.15, 0.2) is 0 Å². The molecule has 0 heterocycles. The van der Waals surface area contributed by atoms with E-state index in [1.807, 2.05) is 0 Å². The maximum absolute atomic E-state index is 13.1. The molecule has 29 heavy (non-hydrogen) atoms. The van der Waals surface area contributed by atoms with Crippen LogP contribution in [0.15, 0.2) is 47.1 Å². The number of hydrogen-bond acceptors (Lipinski definition) is 4. The molecule has 0 aliphatic rings. The summed E-state index contributed by atoms with van der Waals surface area (Å²) in [7, 11) is -5.15.